The van der Waals surface area contributed by atoms with Crippen molar-refractivity contribution in [3.05, 3.63) is 35.4 Å². The van der Waals surface area contributed by atoms with Crippen molar-refractivity contribution in [2.75, 3.05) is 20.3 Å². The highest BCUT2D eigenvalue weighted by Gasteiger charge is 2.31. The van der Waals surface area contributed by atoms with Gasteiger partial charge >= 0.3 is 0 Å². The second kappa shape index (κ2) is 8.55. The van der Waals surface area contributed by atoms with Crippen LogP contribution in [0, 0.1) is 11.8 Å². The molecule has 118 valence electrons. The molecule has 1 aliphatic carbocycles. The van der Waals surface area contributed by atoms with Crippen LogP contribution in [0.25, 0.3) is 0 Å². The molecule has 0 aromatic heterocycles. The van der Waals surface area contributed by atoms with Crippen LogP contribution in [0.5, 0.6) is 0 Å². The van der Waals surface area contributed by atoms with Gasteiger partial charge in [-0.25, -0.2) is 0 Å². The number of benzene rings is 1. The van der Waals surface area contributed by atoms with Crippen LogP contribution >= 0.6 is 0 Å². The Labute approximate surface area is 130 Å². The summed E-state index contributed by atoms with van der Waals surface area (Å²) < 4.78 is 5.16. The van der Waals surface area contributed by atoms with Gasteiger partial charge in [0.2, 0.25) is 0 Å². The van der Waals surface area contributed by atoms with Gasteiger partial charge in [-0.3, -0.25) is 0 Å². The topological polar surface area (TPSA) is 21.3 Å². The molecule has 0 saturated heterocycles. The van der Waals surface area contributed by atoms with E-state index in [0.717, 1.165) is 31.4 Å². The zero-order valence-electron chi connectivity index (χ0n) is 13.9. The Morgan fingerprint density at radius 3 is 2.57 bits per heavy atom. The summed E-state index contributed by atoms with van der Waals surface area (Å²) >= 11 is 0. The molecule has 21 heavy (non-hydrogen) atoms. The van der Waals surface area contributed by atoms with Gasteiger partial charge in [-0.15, -0.1) is 0 Å². The summed E-state index contributed by atoms with van der Waals surface area (Å²) in [6.07, 6.45) is 6.35. The predicted octanol–water partition coefficient (Wildman–Crippen LogP) is 4.35. The van der Waals surface area contributed by atoms with Crippen molar-refractivity contribution in [1.82, 2.24) is 5.32 Å². The van der Waals surface area contributed by atoms with Crippen molar-refractivity contribution in [3.63, 3.8) is 0 Å². The minimum absolute atomic E-state index is 0.527. The van der Waals surface area contributed by atoms with E-state index in [-0.39, 0.29) is 0 Å². The summed E-state index contributed by atoms with van der Waals surface area (Å²) in [5.74, 6) is 1.63. The van der Waals surface area contributed by atoms with E-state index in [0.29, 0.717) is 6.04 Å². The minimum Gasteiger partial charge on any atom is -0.384 e. The smallest absolute Gasteiger partial charge is 0.0502 e. The van der Waals surface area contributed by atoms with Gasteiger partial charge in [-0.05, 0) is 48.8 Å². The molecular formula is C19H31NO. The van der Waals surface area contributed by atoms with Gasteiger partial charge in [0, 0.05) is 13.2 Å². The van der Waals surface area contributed by atoms with Crippen molar-refractivity contribution in [1.29, 1.82) is 0 Å². The number of methoxy groups -OCH3 is 1. The Hall–Kier alpha value is -0.860. The molecule has 3 unspecified atom stereocenters. The maximum absolute atomic E-state index is 5.16. The summed E-state index contributed by atoms with van der Waals surface area (Å²) in [6, 6.07) is 9.72. The van der Waals surface area contributed by atoms with Crippen molar-refractivity contribution in [2.45, 2.75) is 52.0 Å². The molecule has 1 aliphatic rings. The van der Waals surface area contributed by atoms with Crippen LogP contribution in [0.15, 0.2) is 24.3 Å². The quantitative estimate of drug-likeness (QED) is 0.768. The molecule has 2 rings (SSSR count). The SMILES string of the molecule is CCCNC(c1ccc(CCOC)cc1)C1CCCC1C. The lowest BCUT2D eigenvalue weighted by Crippen LogP contribution is -2.30. The Kier molecular flexibility index (Phi) is 6.72. The van der Waals surface area contributed by atoms with Crippen LogP contribution in [0.2, 0.25) is 0 Å². The fourth-order valence-electron chi connectivity index (χ4n) is 3.60. The first-order valence-electron chi connectivity index (χ1n) is 8.57. The summed E-state index contributed by atoms with van der Waals surface area (Å²) in [7, 11) is 1.76. The van der Waals surface area contributed by atoms with Gasteiger partial charge in [0.05, 0.1) is 6.61 Å². The molecule has 0 bridgehead atoms. The molecule has 0 aliphatic heterocycles. The molecule has 1 aromatic rings. The highest BCUT2D eigenvalue weighted by Crippen LogP contribution is 2.40. The Morgan fingerprint density at radius 1 is 1.24 bits per heavy atom. The van der Waals surface area contributed by atoms with E-state index in [1.54, 1.807) is 7.11 Å². The summed E-state index contributed by atoms with van der Waals surface area (Å²) in [5.41, 5.74) is 2.83. The molecular weight excluding hydrogens is 258 g/mol. The van der Waals surface area contributed by atoms with Crippen LogP contribution in [0.3, 0.4) is 0 Å². The lowest BCUT2D eigenvalue weighted by molar-refractivity contribution is 0.202. The van der Waals surface area contributed by atoms with Crippen LogP contribution in [-0.2, 0) is 11.2 Å². The van der Waals surface area contributed by atoms with Gasteiger partial charge in [-0.2, -0.15) is 0 Å². The fourth-order valence-corrected chi connectivity index (χ4v) is 3.60. The third-order valence-corrected chi connectivity index (χ3v) is 4.90. The van der Waals surface area contributed by atoms with Crippen LogP contribution < -0.4 is 5.32 Å². The van der Waals surface area contributed by atoms with Gasteiger partial charge < -0.3 is 10.1 Å². The van der Waals surface area contributed by atoms with E-state index in [2.05, 4.69) is 43.4 Å². The van der Waals surface area contributed by atoms with Gasteiger partial charge in [0.1, 0.15) is 0 Å². The Balaban J connectivity index is 2.08. The van der Waals surface area contributed by atoms with E-state index in [1.807, 2.05) is 0 Å². The fraction of sp³-hybridized carbons (Fsp3) is 0.684. The first-order chi connectivity index (χ1) is 10.3. The molecule has 0 heterocycles. The standard InChI is InChI=1S/C19H31NO/c1-4-13-20-19(18-7-5-6-15(18)2)17-10-8-16(9-11-17)12-14-21-3/h8-11,15,18-20H,4-7,12-14H2,1-3H3. The predicted molar refractivity (Wildman–Crippen MR) is 89.6 cm³/mol. The maximum Gasteiger partial charge on any atom is 0.0502 e. The number of hydrogen-bond acceptors (Lipinski definition) is 2. The average Bonchev–Trinajstić information content (AvgIpc) is 2.93. The Morgan fingerprint density at radius 2 is 2.00 bits per heavy atom. The molecule has 1 aromatic carbocycles. The zero-order chi connectivity index (χ0) is 15.1. The van der Waals surface area contributed by atoms with E-state index < -0.39 is 0 Å². The number of nitrogens with one attached hydrogen (secondary N) is 1. The minimum atomic E-state index is 0.527. The van der Waals surface area contributed by atoms with Gasteiger partial charge in [-0.1, -0.05) is 51.0 Å². The highest BCUT2D eigenvalue weighted by atomic mass is 16.5. The highest BCUT2D eigenvalue weighted by molar-refractivity contribution is 5.26. The van der Waals surface area contributed by atoms with Crippen molar-refractivity contribution in [2.24, 2.45) is 11.8 Å². The van der Waals surface area contributed by atoms with E-state index >= 15 is 0 Å². The maximum atomic E-state index is 5.16. The van der Waals surface area contributed by atoms with E-state index in [4.69, 9.17) is 4.74 Å². The Bertz CT molecular complexity index is 401. The molecule has 2 heteroatoms. The molecule has 0 amide bonds. The van der Waals surface area contributed by atoms with E-state index in [9.17, 15) is 0 Å². The summed E-state index contributed by atoms with van der Waals surface area (Å²) in [4.78, 5) is 0. The largest absolute Gasteiger partial charge is 0.384 e. The third-order valence-electron chi connectivity index (χ3n) is 4.90. The monoisotopic (exact) mass is 289 g/mol. The second-order valence-corrected chi connectivity index (χ2v) is 6.49. The zero-order valence-corrected chi connectivity index (χ0v) is 13.9. The average molecular weight is 289 g/mol. The van der Waals surface area contributed by atoms with Gasteiger partial charge in [0.15, 0.2) is 0 Å². The lowest BCUT2D eigenvalue weighted by Gasteiger charge is -2.28. The number of rotatable bonds is 8. The third kappa shape index (κ3) is 4.55. The molecule has 2 nitrogen and oxygen atoms in total. The first-order valence-corrected chi connectivity index (χ1v) is 8.57. The van der Waals surface area contributed by atoms with Crippen molar-refractivity contribution < 1.29 is 4.74 Å². The number of hydrogen-bond donors (Lipinski definition) is 1. The molecule has 3 atom stereocenters. The van der Waals surface area contributed by atoms with Crippen LogP contribution in [0.1, 0.15) is 56.7 Å². The number of ether oxygens (including phenoxy) is 1. The lowest BCUT2D eigenvalue weighted by atomic mass is 9.85. The molecule has 1 N–H and O–H groups in total. The molecule has 0 spiro atoms. The molecule has 1 saturated carbocycles. The first kappa shape index (κ1) is 16.5. The van der Waals surface area contributed by atoms with Crippen LogP contribution in [0.4, 0.5) is 0 Å². The van der Waals surface area contributed by atoms with E-state index in [1.165, 1.54) is 36.8 Å². The van der Waals surface area contributed by atoms with Crippen LogP contribution in [-0.4, -0.2) is 20.3 Å². The van der Waals surface area contributed by atoms with Crippen molar-refractivity contribution >= 4 is 0 Å². The molecule has 0 radical (unpaired) electrons. The molecule has 1 fully saturated rings. The second-order valence-electron chi connectivity index (χ2n) is 6.49. The summed E-state index contributed by atoms with van der Waals surface area (Å²) in [6.45, 7) is 6.58. The normalized spacial score (nSPS) is 23.4. The van der Waals surface area contributed by atoms with Gasteiger partial charge in [0.25, 0.3) is 0 Å². The summed E-state index contributed by atoms with van der Waals surface area (Å²) in [5, 5.41) is 3.80. The van der Waals surface area contributed by atoms with Crippen molar-refractivity contribution in [3.8, 4) is 0 Å².